The zero-order valence-electron chi connectivity index (χ0n) is 10.4. The molecule has 0 spiro atoms. The summed E-state index contributed by atoms with van der Waals surface area (Å²) in [6.45, 7) is 1.61. The number of hydrogen-bond donors (Lipinski definition) is 1. The fourth-order valence-electron chi connectivity index (χ4n) is 1.89. The summed E-state index contributed by atoms with van der Waals surface area (Å²) in [5, 5.41) is 3.85. The fourth-order valence-corrected chi connectivity index (χ4v) is 2.82. The Bertz CT molecular complexity index is 603. The quantitative estimate of drug-likeness (QED) is 0.714. The molecule has 20 heavy (non-hydrogen) atoms. The second kappa shape index (κ2) is 6.17. The maximum atomic E-state index is 13.7. The van der Waals surface area contributed by atoms with E-state index < -0.39 is 17.7 Å². The van der Waals surface area contributed by atoms with Crippen LogP contribution < -0.4 is 5.32 Å². The van der Waals surface area contributed by atoms with Gasteiger partial charge in [-0.05, 0) is 31.2 Å². The van der Waals surface area contributed by atoms with Crippen molar-refractivity contribution in [3.63, 3.8) is 0 Å². The Kier molecular flexibility index (Phi) is 4.74. The van der Waals surface area contributed by atoms with E-state index in [0.717, 1.165) is 0 Å². The van der Waals surface area contributed by atoms with Crippen molar-refractivity contribution in [3.8, 4) is 0 Å². The van der Waals surface area contributed by atoms with Crippen molar-refractivity contribution < 1.29 is 8.78 Å². The fraction of sp³-hybridized carbons (Fsp3) is 0.143. The first-order chi connectivity index (χ1) is 9.40. The molecule has 1 N–H and O–H groups in total. The SMILES string of the molecule is CC(Nc1c(Cl)cc(Cl)cc1Cl)c1c(F)cccc1F. The van der Waals surface area contributed by atoms with Crippen molar-refractivity contribution in [2.45, 2.75) is 13.0 Å². The van der Waals surface area contributed by atoms with Gasteiger partial charge in [-0.25, -0.2) is 8.78 Å². The van der Waals surface area contributed by atoms with E-state index in [9.17, 15) is 8.78 Å². The Morgan fingerprint density at radius 3 is 2.00 bits per heavy atom. The molecule has 0 aliphatic carbocycles. The molecule has 0 saturated heterocycles. The van der Waals surface area contributed by atoms with Crippen LogP contribution in [0.4, 0.5) is 14.5 Å². The first kappa shape index (κ1) is 15.4. The third-order valence-corrected chi connectivity index (χ3v) is 3.61. The summed E-state index contributed by atoms with van der Waals surface area (Å²) in [7, 11) is 0. The van der Waals surface area contributed by atoms with Crippen molar-refractivity contribution in [3.05, 3.63) is 62.6 Å². The van der Waals surface area contributed by atoms with E-state index in [1.165, 1.54) is 30.3 Å². The normalized spacial score (nSPS) is 12.3. The van der Waals surface area contributed by atoms with Gasteiger partial charge in [-0.2, -0.15) is 0 Å². The van der Waals surface area contributed by atoms with E-state index >= 15 is 0 Å². The molecular weight excluding hydrogens is 327 g/mol. The third-order valence-electron chi connectivity index (χ3n) is 2.80. The van der Waals surface area contributed by atoms with Crippen molar-refractivity contribution >= 4 is 40.5 Å². The highest BCUT2D eigenvalue weighted by Gasteiger charge is 2.18. The first-order valence-corrected chi connectivity index (χ1v) is 6.88. The molecule has 0 fully saturated rings. The lowest BCUT2D eigenvalue weighted by molar-refractivity contribution is 0.544. The third kappa shape index (κ3) is 3.17. The van der Waals surface area contributed by atoms with E-state index in [4.69, 9.17) is 34.8 Å². The monoisotopic (exact) mass is 335 g/mol. The van der Waals surface area contributed by atoms with Crippen molar-refractivity contribution in [2.24, 2.45) is 0 Å². The van der Waals surface area contributed by atoms with E-state index in [1.54, 1.807) is 6.92 Å². The van der Waals surface area contributed by atoms with E-state index in [2.05, 4.69) is 5.32 Å². The summed E-state index contributed by atoms with van der Waals surface area (Å²) in [5.74, 6) is -1.27. The van der Waals surface area contributed by atoms with Gasteiger partial charge in [-0.3, -0.25) is 0 Å². The number of rotatable bonds is 3. The van der Waals surface area contributed by atoms with Gasteiger partial charge in [0.2, 0.25) is 0 Å². The minimum atomic E-state index is -0.646. The molecule has 0 radical (unpaired) electrons. The molecule has 0 saturated carbocycles. The van der Waals surface area contributed by atoms with Crippen LogP contribution in [0.3, 0.4) is 0 Å². The van der Waals surface area contributed by atoms with Crippen molar-refractivity contribution in [2.75, 3.05) is 5.32 Å². The summed E-state index contributed by atoms with van der Waals surface area (Å²) >= 11 is 17.9. The van der Waals surface area contributed by atoms with E-state index in [0.29, 0.717) is 10.7 Å². The van der Waals surface area contributed by atoms with Gasteiger partial charge in [0.05, 0.1) is 21.8 Å². The Labute approximate surface area is 130 Å². The molecule has 0 aromatic heterocycles. The van der Waals surface area contributed by atoms with Crippen molar-refractivity contribution in [1.82, 2.24) is 0 Å². The highest BCUT2D eigenvalue weighted by atomic mass is 35.5. The number of hydrogen-bond acceptors (Lipinski definition) is 1. The van der Waals surface area contributed by atoms with Crippen LogP contribution >= 0.6 is 34.8 Å². The van der Waals surface area contributed by atoms with Crippen LogP contribution in [0.25, 0.3) is 0 Å². The molecule has 1 unspecified atom stereocenters. The van der Waals surface area contributed by atoms with Crippen molar-refractivity contribution in [1.29, 1.82) is 0 Å². The average molecular weight is 337 g/mol. The largest absolute Gasteiger partial charge is 0.376 e. The Balaban J connectivity index is 2.35. The molecule has 0 aliphatic heterocycles. The molecular formula is C14H10Cl3F2N. The average Bonchev–Trinajstić information content (AvgIpc) is 2.33. The minimum Gasteiger partial charge on any atom is -0.376 e. The van der Waals surface area contributed by atoms with Crippen LogP contribution in [0.15, 0.2) is 30.3 Å². The molecule has 2 rings (SSSR count). The molecule has 2 aromatic rings. The van der Waals surface area contributed by atoms with Gasteiger partial charge in [0.25, 0.3) is 0 Å². The highest BCUT2D eigenvalue weighted by molar-refractivity contribution is 6.41. The lowest BCUT2D eigenvalue weighted by Gasteiger charge is -2.19. The summed E-state index contributed by atoms with van der Waals surface area (Å²) in [4.78, 5) is 0. The second-order valence-corrected chi connectivity index (χ2v) is 5.50. The summed E-state index contributed by atoms with van der Waals surface area (Å²) < 4.78 is 27.4. The lowest BCUT2D eigenvalue weighted by atomic mass is 10.1. The molecule has 6 heteroatoms. The molecule has 1 atom stereocenters. The van der Waals surface area contributed by atoms with Crippen LogP contribution in [0.2, 0.25) is 15.1 Å². The van der Waals surface area contributed by atoms with Gasteiger partial charge >= 0.3 is 0 Å². The number of halogens is 5. The number of benzene rings is 2. The smallest absolute Gasteiger partial charge is 0.131 e. The lowest BCUT2D eigenvalue weighted by Crippen LogP contribution is -2.11. The Morgan fingerprint density at radius 1 is 1.00 bits per heavy atom. The molecule has 0 aliphatic rings. The molecule has 2 aromatic carbocycles. The summed E-state index contributed by atoms with van der Waals surface area (Å²) in [6, 6.07) is 6.06. The molecule has 0 bridgehead atoms. The van der Waals surface area contributed by atoms with E-state index in [-0.39, 0.29) is 15.6 Å². The van der Waals surface area contributed by atoms with Crippen LogP contribution in [-0.4, -0.2) is 0 Å². The maximum absolute atomic E-state index is 13.7. The van der Waals surface area contributed by atoms with Gasteiger partial charge in [0, 0.05) is 10.6 Å². The standard InChI is InChI=1S/C14H10Cl3F2N/c1-7(13-11(18)3-2-4-12(13)19)20-14-9(16)5-8(15)6-10(14)17/h2-7,20H,1H3. The van der Waals surface area contributed by atoms with E-state index in [1.807, 2.05) is 0 Å². The number of nitrogens with one attached hydrogen (secondary N) is 1. The molecule has 0 amide bonds. The highest BCUT2D eigenvalue weighted by Crippen LogP contribution is 2.36. The van der Waals surface area contributed by atoms with Gasteiger partial charge in [0.15, 0.2) is 0 Å². The molecule has 1 nitrogen and oxygen atoms in total. The Hall–Kier alpha value is -1.03. The summed E-state index contributed by atoms with van der Waals surface area (Å²) in [6.07, 6.45) is 0. The number of anilines is 1. The van der Waals surface area contributed by atoms with Crippen LogP contribution in [0.1, 0.15) is 18.5 Å². The Morgan fingerprint density at radius 2 is 1.50 bits per heavy atom. The van der Waals surface area contributed by atoms with Gasteiger partial charge in [-0.15, -0.1) is 0 Å². The minimum absolute atomic E-state index is 0.0745. The predicted molar refractivity (Wildman–Crippen MR) is 79.9 cm³/mol. The van der Waals surface area contributed by atoms with Gasteiger partial charge in [-0.1, -0.05) is 40.9 Å². The van der Waals surface area contributed by atoms with Crippen LogP contribution in [0, 0.1) is 11.6 Å². The zero-order chi connectivity index (χ0) is 14.9. The van der Waals surface area contributed by atoms with Crippen LogP contribution in [-0.2, 0) is 0 Å². The molecule has 106 valence electrons. The van der Waals surface area contributed by atoms with Crippen LogP contribution in [0.5, 0.6) is 0 Å². The summed E-state index contributed by atoms with van der Waals surface area (Å²) in [5.41, 5.74) is 0.308. The van der Waals surface area contributed by atoms with Gasteiger partial charge < -0.3 is 5.32 Å². The van der Waals surface area contributed by atoms with Gasteiger partial charge in [0.1, 0.15) is 11.6 Å². The molecule has 0 heterocycles. The second-order valence-electron chi connectivity index (χ2n) is 4.25. The topological polar surface area (TPSA) is 12.0 Å². The maximum Gasteiger partial charge on any atom is 0.131 e. The first-order valence-electron chi connectivity index (χ1n) is 5.75. The predicted octanol–water partition coefficient (Wildman–Crippen LogP) is 6.10. The zero-order valence-corrected chi connectivity index (χ0v) is 12.6.